The van der Waals surface area contributed by atoms with E-state index < -0.39 is 0 Å². The number of aromatic nitrogens is 2. The topological polar surface area (TPSA) is 29.9 Å². The van der Waals surface area contributed by atoms with Gasteiger partial charge in [0.1, 0.15) is 0 Å². The van der Waals surface area contributed by atoms with Gasteiger partial charge in [0.05, 0.1) is 5.69 Å². The van der Waals surface area contributed by atoms with E-state index in [0.29, 0.717) is 5.02 Å². The normalized spacial score (nSPS) is 12.7. The van der Waals surface area contributed by atoms with Crippen LogP contribution in [-0.2, 0) is 13.5 Å². The van der Waals surface area contributed by atoms with Crippen LogP contribution in [0, 0.1) is 0 Å². The summed E-state index contributed by atoms with van der Waals surface area (Å²) in [5.74, 6) is 0. The Kier molecular flexibility index (Phi) is 4.27. The highest BCUT2D eigenvalue weighted by Crippen LogP contribution is 2.28. The van der Waals surface area contributed by atoms with Crippen molar-refractivity contribution in [2.45, 2.75) is 12.5 Å². The van der Waals surface area contributed by atoms with Crippen LogP contribution in [-0.4, -0.2) is 16.8 Å². The van der Waals surface area contributed by atoms with E-state index in [0.717, 1.165) is 22.7 Å². The Bertz CT molecular complexity index is 537. The summed E-state index contributed by atoms with van der Waals surface area (Å²) in [6.07, 6.45) is 2.71. The second kappa shape index (κ2) is 5.74. The number of likely N-dealkylation sites (N-methyl/N-ethyl adjacent to an activating group) is 1. The molecule has 1 aromatic heterocycles. The van der Waals surface area contributed by atoms with Crippen molar-refractivity contribution in [3.63, 3.8) is 0 Å². The van der Waals surface area contributed by atoms with Crippen LogP contribution in [0.25, 0.3) is 0 Å². The van der Waals surface area contributed by atoms with E-state index in [9.17, 15) is 0 Å². The maximum absolute atomic E-state index is 6.22. The number of halogens is 2. The lowest BCUT2D eigenvalue weighted by Crippen LogP contribution is -2.19. The fourth-order valence-electron chi connectivity index (χ4n) is 1.93. The number of benzene rings is 1. The maximum atomic E-state index is 6.22. The molecule has 2 rings (SSSR count). The van der Waals surface area contributed by atoms with Gasteiger partial charge in [-0.05, 0) is 36.9 Å². The molecule has 5 heteroatoms. The van der Waals surface area contributed by atoms with E-state index in [4.69, 9.17) is 23.2 Å². The summed E-state index contributed by atoms with van der Waals surface area (Å²) in [7, 11) is 3.81. The standard InChI is InChI=1S/C13H15Cl2N3/c1-16-13(8-10-5-6-18(2)17-10)11-7-9(14)3-4-12(11)15/h3-7,13,16H,8H2,1-2H3. The number of hydrogen-bond acceptors (Lipinski definition) is 2. The average molecular weight is 284 g/mol. The molecular weight excluding hydrogens is 269 g/mol. The van der Waals surface area contributed by atoms with Crippen molar-refractivity contribution < 1.29 is 0 Å². The lowest BCUT2D eigenvalue weighted by atomic mass is 10.0. The van der Waals surface area contributed by atoms with Gasteiger partial charge in [-0.2, -0.15) is 5.10 Å². The van der Waals surface area contributed by atoms with Crippen molar-refractivity contribution in [1.82, 2.24) is 15.1 Å². The third-order valence-electron chi connectivity index (χ3n) is 2.86. The highest BCUT2D eigenvalue weighted by molar-refractivity contribution is 6.33. The Hall–Kier alpha value is -1.03. The van der Waals surface area contributed by atoms with Gasteiger partial charge in [0, 0.05) is 35.8 Å². The molecule has 0 aliphatic rings. The molecule has 0 aliphatic carbocycles. The fraction of sp³-hybridized carbons (Fsp3) is 0.308. The third kappa shape index (κ3) is 3.05. The second-order valence-corrected chi connectivity index (χ2v) is 5.04. The van der Waals surface area contributed by atoms with Crippen LogP contribution in [0.15, 0.2) is 30.5 Å². The molecule has 1 unspecified atom stereocenters. The van der Waals surface area contributed by atoms with Crippen LogP contribution in [0.2, 0.25) is 10.0 Å². The van der Waals surface area contributed by atoms with E-state index in [1.54, 1.807) is 10.7 Å². The number of aryl methyl sites for hydroxylation is 1. The number of rotatable bonds is 4. The molecule has 0 bridgehead atoms. The first kappa shape index (κ1) is 13.4. The average Bonchev–Trinajstić information content (AvgIpc) is 2.75. The number of nitrogens with zero attached hydrogens (tertiary/aromatic N) is 2. The van der Waals surface area contributed by atoms with E-state index >= 15 is 0 Å². The quantitative estimate of drug-likeness (QED) is 0.934. The molecule has 2 aromatic rings. The van der Waals surface area contributed by atoms with Gasteiger partial charge in [-0.1, -0.05) is 23.2 Å². The van der Waals surface area contributed by atoms with Gasteiger partial charge in [0.2, 0.25) is 0 Å². The molecule has 0 saturated carbocycles. The maximum Gasteiger partial charge on any atom is 0.0643 e. The molecule has 96 valence electrons. The summed E-state index contributed by atoms with van der Waals surface area (Å²) in [6, 6.07) is 7.62. The van der Waals surface area contributed by atoms with Crippen LogP contribution < -0.4 is 5.32 Å². The summed E-state index contributed by atoms with van der Waals surface area (Å²) in [6.45, 7) is 0. The molecule has 1 N–H and O–H groups in total. The molecule has 0 aliphatic heterocycles. The van der Waals surface area contributed by atoms with Crippen molar-refractivity contribution >= 4 is 23.2 Å². The number of nitrogens with one attached hydrogen (secondary N) is 1. The molecule has 0 spiro atoms. The fourth-order valence-corrected chi connectivity index (χ4v) is 2.36. The molecule has 0 saturated heterocycles. The van der Waals surface area contributed by atoms with Gasteiger partial charge in [-0.25, -0.2) is 0 Å². The SMILES string of the molecule is CNC(Cc1ccn(C)n1)c1cc(Cl)ccc1Cl. The lowest BCUT2D eigenvalue weighted by molar-refractivity contribution is 0.577. The highest BCUT2D eigenvalue weighted by atomic mass is 35.5. The van der Waals surface area contributed by atoms with Crippen molar-refractivity contribution in [2.75, 3.05) is 7.05 Å². The molecular formula is C13H15Cl2N3. The Morgan fingerprint density at radius 3 is 2.72 bits per heavy atom. The van der Waals surface area contributed by atoms with E-state index in [2.05, 4.69) is 10.4 Å². The van der Waals surface area contributed by atoms with Crippen LogP contribution in [0.4, 0.5) is 0 Å². The summed E-state index contributed by atoms with van der Waals surface area (Å²) in [5, 5.41) is 9.04. The van der Waals surface area contributed by atoms with Gasteiger partial charge in [-0.3, -0.25) is 4.68 Å². The van der Waals surface area contributed by atoms with Crippen molar-refractivity contribution in [3.05, 3.63) is 51.8 Å². The summed E-state index contributed by atoms with van der Waals surface area (Å²) in [5.41, 5.74) is 2.02. The second-order valence-electron chi connectivity index (χ2n) is 4.19. The number of hydrogen-bond donors (Lipinski definition) is 1. The van der Waals surface area contributed by atoms with Crippen LogP contribution >= 0.6 is 23.2 Å². The molecule has 18 heavy (non-hydrogen) atoms. The molecule has 3 nitrogen and oxygen atoms in total. The van der Waals surface area contributed by atoms with Gasteiger partial charge in [-0.15, -0.1) is 0 Å². The monoisotopic (exact) mass is 283 g/mol. The Morgan fingerprint density at radius 2 is 2.11 bits per heavy atom. The first-order chi connectivity index (χ1) is 8.60. The lowest BCUT2D eigenvalue weighted by Gasteiger charge is -2.17. The Balaban J connectivity index is 2.25. The molecule has 1 heterocycles. The minimum absolute atomic E-state index is 0.103. The summed E-state index contributed by atoms with van der Waals surface area (Å²) >= 11 is 12.2. The first-order valence-electron chi connectivity index (χ1n) is 5.71. The zero-order valence-electron chi connectivity index (χ0n) is 10.3. The minimum Gasteiger partial charge on any atom is -0.313 e. The van der Waals surface area contributed by atoms with Crippen LogP contribution in [0.5, 0.6) is 0 Å². The van der Waals surface area contributed by atoms with Crippen LogP contribution in [0.1, 0.15) is 17.3 Å². The third-order valence-corrected chi connectivity index (χ3v) is 3.44. The van der Waals surface area contributed by atoms with Crippen molar-refractivity contribution in [3.8, 4) is 0 Å². The van der Waals surface area contributed by atoms with E-state index in [1.807, 2.05) is 38.5 Å². The molecule has 1 aromatic carbocycles. The zero-order valence-corrected chi connectivity index (χ0v) is 11.8. The van der Waals surface area contributed by atoms with Crippen molar-refractivity contribution in [1.29, 1.82) is 0 Å². The van der Waals surface area contributed by atoms with Crippen LogP contribution in [0.3, 0.4) is 0 Å². The molecule has 0 radical (unpaired) electrons. The van der Waals surface area contributed by atoms with Gasteiger partial charge >= 0.3 is 0 Å². The summed E-state index contributed by atoms with van der Waals surface area (Å²) < 4.78 is 1.79. The van der Waals surface area contributed by atoms with E-state index in [1.165, 1.54) is 0 Å². The summed E-state index contributed by atoms with van der Waals surface area (Å²) in [4.78, 5) is 0. The molecule has 0 fully saturated rings. The van der Waals surface area contributed by atoms with E-state index in [-0.39, 0.29) is 6.04 Å². The van der Waals surface area contributed by atoms with Gasteiger partial charge in [0.25, 0.3) is 0 Å². The molecule has 0 amide bonds. The Morgan fingerprint density at radius 1 is 1.33 bits per heavy atom. The Labute approximate surface area is 117 Å². The predicted molar refractivity (Wildman–Crippen MR) is 75.2 cm³/mol. The molecule has 1 atom stereocenters. The predicted octanol–water partition coefficient (Wildman–Crippen LogP) is 3.23. The highest BCUT2D eigenvalue weighted by Gasteiger charge is 2.15. The largest absolute Gasteiger partial charge is 0.313 e. The first-order valence-corrected chi connectivity index (χ1v) is 6.46. The van der Waals surface area contributed by atoms with Crippen molar-refractivity contribution in [2.24, 2.45) is 7.05 Å². The van der Waals surface area contributed by atoms with Gasteiger partial charge in [0.15, 0.2) is 0 Å². The smallest absolute Gasteiger partial charge is 0.0643 e. The minimum atomic E-state index is 0.103. The van der Waals surface area contributed by atoms with Gasteiger partial charge < -0.3 is 5.32 Å². The zero-order chi connectivity index (χ0) is 13.1.